The summed E-state index contributed by atoms with van der Waals surface area (Å²) in [7, 11) is 1.99. The molecule has 0 unspecified atom stereocenters. The maximum absolute atomic E-state index is 11.6. The third kappa shape index (κ3) is 1.33. The van der Waals surface area contributed by atoms with E-state index in [0.717, 1.165) is 16.5 Å². The first kappa shape index (κ1) is 9.00. The lowest BCUT2D eigenvalue weighted by Gasteiger charge is -2.03. The van der Waals surface area contributed by atoms with Crippen molar-refractivity contribution in [3.8, 4) is 0 Å². The van der Waals surface area contributed by atoms with Crippen molar-refractivity contribution in [1.29, 1.82) is 0 Å². The Balaban J connectivity index is 2.96. The summed E-state index contributed by atoms with van der Waals surface area (Å²) in [4.78, 5) is 18.5. The number of nitrogens with zero attached hydrogens (tertiary/aromatic N) is 1. The van der Waals surface area contributed by atoms with Crippen LogP contribution < -0.4 is 11.0 Å². The zero-order valence-corrected chi connectivity index (χ0v) is 8.51. The van der Waals surface area contributed by atoms with Crippen molar-refractivity contribution in [2.24, 2.45) is 0 Å². The van der Waals surface area contributed by atoms with Gasteiger partial charge in [0.05, 0.1) is 10.9 Å². The Bertz CT molecular complexity index is 560. The predicted molar refractivity (Wildman–Crippen MR) is 60.0 cm³/mol. The second kappa shape index (κ2) is 2.98. The first-order chi connectivity index (χ1) is 6.58. The number of hydrogen-bond acceptors (Lipinski definition) is 2. The monoisotopic (exact) mass is 186 g/mol. The molecule has 70 valence electrons. The molecule has 14 heavy (non-hydrogen) atoms. The molecule has 1 aromatic carbocycles. The highest BCUT2D eigenvalue weighted by Gasteiger charge is 2.03. The van der Waals surface area contributed by atoms with E-state index in [1.807, 2.05) is 26.9 Å². The fourth-order valence-electron chi connectivity index (χ4n) is 1.52. The van der Waals surface area contributed by atoms with Crippen LogP contribution in [-0.4, -0.2) is 17.8 Å². The molecule has 0 aliphatic heterocycles. The van der Waals surface area contributed by atoms with Gasteiger partial charge in [-0.15, -0.1) is 0 Å². The van der Waals surface area contributed by atoms with Crippen LogP contribution in [0.15, 0.2) is 16.9 Å². The largest absolute Gasteiger partial charge is 0.310 e. The molecule has 0 radical (unpaired) electrons. The van der Waals surface area contributed by atoms with Crippen molar-refractivity contribution >= 4 is 24.2 Å². The van der Waals surface area contributed by atoms with E-state index in [2.05, 4.69) is 9.97 Å². The molecule has 0 atom stereocenters. The van der Waals surface area contributed by atoms with Crippen molar-refractivity contribution in [2.75, 3.05) is 0 Å². The van der Waals surface area contributed by atoms with Gasteiger partial charge in [0.1, 0.15) is 13.7 Å². The number of rotatable bonds is 0. The fraction of sp³-hybridized carbons (Fsp3) is 0.200. The summed E-state index contributed by atoms with van der Waals surface area (Å²) in [6.45, 7) is 3.81. The van der Waals surface area contributed by atoms with Crippen LogP contribution in [0, 0.1) is 13.8 Å². The number of nitrogens with one attached hydrogen (secondary N) is 1. The van der Waals surface area contributed by atoms with Gasteiger partial charge in [-0.3, -0.25) is 4.79 Å². The minimum atomic E-state index is -0.0596. The van der Waals surface area contributed by atoms with Gasteiger partial charge < -0.3 is 4.98 Å². The highest BCUT2D eigenvalue weighted by Crippen LogP contribution is 2.06. The minimum Gasteiger partial charge on any atom is -0.310 e. The van der Waals surface area contributed by atoms with Gasteiger partial charge in [0.15, 0.2) is 0 Å². The lowest BCUT2D eigenvalue weighted by atomic mass is 9.90. The smallest absolute Gasteiger partial charge is 0.258 e. The molecule has 0 saturated heterocycles. The molecule has 2 rings (SSSR count). The number of aromatic nitrogens is 2. The standard InChI is InChI=1S/C10H11BN2O/c1-5-3-9-7(4-8(5)11)10(14)13-6(2)12-9/h3-4H,11H2,1-2H3,(H,12,13,14). The van der Waals surface area contributed by atoms with Crippen LogP contribution in [0.2, 0.25) is 0 Å². The number of hydrogen-bond donors (Lipinski definition) is 1. The van der Waals surface area contributed by atoms with Crippen LogP contribution in [0.5, 0.6) is 0 Å². The van der Waals surface area contributed by atoms with E-state index in [9.17, 15) is 4.79 Å². The van der Waals surface area contributed by atoms with Crippen molar-refractivity contribution in [2.45, 2.75) is 13.8 Å². The second-order valence-corrected chi connectivity index (χ2v) is 3.60. The summed E-state index contributed by atoms with van der Waals surface area (Å²) in [5.74, 6) is 0.658. The molecule has 0 spiro atoms. The molecule has 0 fully saturated rings. The summed E-state index contributed by atoms with van der Waals surface area (Å²) in [6, 6.07) is 3.84. The van der Waals surface area contributed by atoms with E-state index in [1.54, 1.807) is 6.92 Å². The zero-order chi connectivity index (χ0) is 10.3. The van der Waals surface area contributed by atoms with Gasteiger partial charge in [0.25, 0.3) is 5.56 Å². The average molecular weight is 186 g/mol. The van der Waals surface area contributed by atoms with Crippen LogP contribution in [0.1, 0.15) is 11.4 Å². The summed E-state index contributed by atoms with van der Waals surface area (Å²) in [5, 5.41) is 0.665. The third-order valence-corrected chi connectivity index (χ3v) is 2.44. The second-order valence-electron chi connectivity index (χ2n) is 3.60. The predicted octanol–water partition coefficient (Wildman–Crippen LogP) is -0.202. The number of benzene rings is 1. The molecule has 1 N–H and O–H groups in total. The molecule has 0 aliphatic rings. The first-order valence-electron chi connectivity index (χ1n) is 4.56. The number of fused-ring (bicyclic) bond motifs is 1. The van der Waals surface area contributed by atoms with E-state index in [4.69, 9.17) is 0 Å². The molecule has 0 amide bonds. The Morgan fingerprint density at radius 2 is 2.07 bits per heavy atom. The maximum Gasteiger partial charge on any atom is 0.258 e. The van der Waals surface area contributed by atoms with Gasteiger partial charge in [-0.1, -0.05) is 17.1 Å². The van der Waals surface area contributed by atoms with E-state index < -0.39 is 0 Å². The van der Waals surface area contributed by atoms with E-state index in [-0.39, 0.29) is 5.56 Å². The molecule has 1 heterocycles. The highest BCUT2D eigenvalue weighted by atomic mass is 16.1. The van der Waals surface area contributed by atoms with Crippen LogP contribution in [0.3, 0.4) is 0 Å². The molecular formula is C10H11BN2O. The third-order valence-electron chi connectivity index (χ3n) is 2.44. The zero-order valence-electron chi connectivity index (χ0n) is 8.51. The Labute approximate surface area is 82.6 Å². The number of H-pyrrole nitrogens is 1. The van der Waals surface area contributed by atoms with Crippen LogP contribution in [0.4, 0.5) is 0 Å². The molecule has 4 heteroatoms. The quantitative estimate of drug-likeness (QED) is 0.579. The Kier molecular flexibility index (Phi) is 1.91. The number of aromatic amines is 1. The van der Waals surface area contributed by atoms with Crippen molar-refractivity contribution in [3.05, 3.63) is 33.9 Å². The SMILES string of the molecule is Bc1cc2c(=O)[nH]c(C)nc2cc1C. The molecule has 0 bridgehead atoms. The minimum absolute atomic E-state index is 0.0596. The normalized spacial score (nSPS) is 10.7. The summed E-state index contributed by atoms with van der Waals surface area (Å²) in [5.41, 5.74) is 2.99. The summed E-state index contributed by atoms with van der Waals surface area (Å²) in [6.07, 6.45) is 0. The van der Waals surface area contributed by atoms with Crippen molar-refractivity contribution < 1.29 is 0 Å². The van der Waals surface area contributed by atoms with Gasteiger partial charge >= 0.3 is 0 Å². The van der Waals surface area contributed by atoms with E-state index in [1.165, 1.54) is 0 Å². The van der Waals surface area contributed by atoms with Gasteiger partial charge in [-0.25, -0.2) is 4.98 Å². The Hall–Kier alpha value is -1.58. The Morgan fingerprint density at radius 1 is 1.36 bits per heavy atom. The van der Waals surface area contributed by atoms with Crippen molar-refractivity contribution in [3.63, 3.8) is 0 Å². The molecule has 1 aromatic heterocycles. The van der Waals surface area contributed by atoms with Crippen LogP contribution in [0.25, 0.3) is 10.9 Å². The topological polar surface area (TPSA) is 45.8 Å². The highest BCUT2D eigenvalue weighted by molar-refractivity contribution is 6.34. The molecule has 0 saturated carbocycles. The fourth-order valence-corrected chi connectivity index (χ4v) is 1.52. The molecular weight excluding hydrogens is 175 g/mol. The number of aryl methyl sites for hydroxylation is 2. The van der Waals surface area contributed by atoms with E-state index in [0.29, 0.717) is 11.2 Å². The average Bonchev–Trinajstić information content (AvgIpc) is 2.08. The Morgan fingerprint density at radius 3 is 2.79 bits per heavy atom. The van der Waals surface area contributed by atoms with Crippen LogP contribution in [-0.2, 0) is 0 Å². The van der Waals surface area contributed by atoms with Crippen LogP contribution >= 0.6 is 0 Å². The molecule has 0 aliphatic carbocycles. The van der Waals surface area contributed by atoms with Crippen molar-refractivity contribution in [1.82, 2.24) is 9.97 Å². The molecule has 2 aromatic rings. The van der Waals surface area contributed by atoms with Gasteiger partial charge in [0, 0.05) is 0 Å². The first-order valence-corrected chi connectivity index (χ1v) is 4.56. The summed E-state index contributed by atoms with van der Waals surface area (Å²) < 4.78 is 0. The van der Waals surface area contributed by atoms with E-state index >= 15 is 0 Å². The summed E-state index contributed by atoms with van der Waals surface area (Å²) >= 11 is 0. The van der Waals surface area contributed by atoms with Gasteiger partial charge in [-0.2, -0.15) is 0 Å². The lowest BCUT2D eigenvalue weighted by molar-refractivity contribution is 1.06. The lowest BCUT2D eigenvalue weighted by Crippen LogP contribution is -2.15. The maximum atomic E-state index is 11.6. The van der Waals surface area contributed by atoms with Gasteiger partial charge in [0.2, 0.25) is 0 Å². The molecule has 3 nitrogen and oxygen atoms in total. The van der Waals surface area contributed by atoms with Gasteiger partial charge in [-0.05, 0) is 19.9 Å².